The van der Waals surface area contributed by atoms with Crippen LogP contribution in [0.3, 0.4) is 0 Å². The zero-order chi connectivity index (χ0) is 14.0. The van der Waals surface area contributed by atoms with Crippen LogP contribution in [-0.4, -0.2) is 17.4 Å². The first-order chi connectivity index (χ1) is 8.10. The van der Waals surface area contributed by atoms with Crippen LogP contribution in [0.5, 0.6) is 5.75 Å². The molecule has 0 aromatic heterocycles. The van der Waals surface area contributed by atoms with E-state index >= 15 is 0 Å². The summed E-state index contributed by atoms with van der Waals surface area (Å²) in [6.45, 7) is 4.86. The van der Waals surface area contributed by atoms with Crippen LogP contribution in [0.1, 0.15) is 32.8 Å². The number of rotatable bonds is 4. The molecule has 0 radical (unpaired) electrons. The Morgan fingerprint density at radius 1 is 1.17 bits per heavy atom. The van der Waals surface area contributed by atoms with Gasteiger partial charge in [0.25, 0.3) is 0 Å². The third kappa shape index (κ3) is 4.56. The van der Waals surface area contributed by atoms with Crippen LogP contribution >= 0.6 is 0 Å². The summed E-state index contributed by atoms with van der Waals surface area (Å²) in [5, 5.41) is 9.83. The molecule has 1 atom stereocenters. The lowest BCUT2D eigenvalue weighted by Gasteiger charge is -2.25. The lowest BCUT2D eigenvalue weighted by molar-refractivity contribution is -0.174. The average molecular weight is 262 g/mol. The van der Waals surface area contributed by atoms with Crippen LogP contribution in [0.25, 0.3) is 0 Å². The van der Waals surface area contributed by atoms with Crippen molar-refractivity contribution >= 4 is 0 Å². The van der Waals surface area contributed by atoms with Gasteiger partial charge in [-0.25, -0.2) is 0 Å². The molecule has 0 spiro atoms. The van der Waals surface area contributed by atoms with Crippen LogP contribution < -0.4 is 4.74 Å². The second-order valence-corrected chi connectivity index (χ2v) is 4.76. The van der Waals surface area contributed by atoms with Crippen molar-refractivity contribution in [1.82, 2.24) is 0 Å². The summed E-state index contributed by atoms with van der Waals surface area (Å²) in [5.74, 6) is 0.566. The summed E-state index contributed by atoms with van der Waals surface area (Å²) in [5.41, 5.74) is -1.70. The van der Waals surface area contributed by atoms with E-state index in [1.165, 1.54) is 12.1 Å². The van der Waals surface area contributed by atoms with Crippen LogP contribution in [0.4, 0.5) is 13.2 Å². The molecule has 0 aliphatic heterocycles. The molecule has 1 N–H and O–H groups in total. The molecule has 0 saturated heterocycles. The van der Waals surface area contributed by atoms with Gasteiger partial charge in [0.05, 0.1) is 18.1 Å². The molecule has 0 fully saturated rings. The predicted molar refractivity (Wildman–Crippen MR) is 62.4 cm³/mol. The SMILES string of the molecule is CC(C)Oc1ccc(C(C)(O)CC(F)(F)F)cc1. The Kier molecular flexibility index (Phi) is 4.27. The summed E-state index contributed by atoms with van der Waals surface area (Å²) >= 11 is 0. The fourth-order valence-electron chi connectivity index (χ4n) is 1.66. The van der Waals surface area contributed by atoms with Crippen molar-refractivity contribution in [3.63, 3.8) is 0 Å². The first-order valence-electron chi connectivity index (χ1n) is 5.66. The van der Waals surface area contributed by atoms with Gasteiger partial charge in [0.15, 0.2) is 0 Å². The maximum Gasteiger partial charge on any atom is 0.392 e. The molecule has 0 aliphatic rings. The molecule has 18 heavy (non-hydrogen) atoms. The van der Waals surface area contributed by atoms with Crippen molar-refractivity contribution in [3.05, 3.63) is 29.8 Å². The van der Waals surface area contributed by atoms with Crippen molar-refractivity contribution in [3.8, 4) is 5.75 Å². The number of aliphatic hydroxyl groups is 1. The molecule has 102 valence electrons. The van der Waals surface area contributed by atoms with Crippen molar-refractivity contribution in [2.45, 2.75) is 45.1 Å². The Labute approximate surface area is 104 Å². The highest BCUT2D eigenvalue weighted by molar-refractivity contribution is 5.30. The summed E-state index contributed by atoms with van der Waals surface area (Å²) < 4.78 is 42.3. The maximum absolute atomic E-state index is 12.3. The third-order valence-electron chi connectivity index (χ3n) is 2.39. The van der Waals surface area contributed by atoms with E-state index in [-0.39, 0.29) is 11.7 Å². The predicted octanol–water partition coefficient (Wildman–Crippen LogP) is 3.63. The molecule has 0 saturated carbocycles. The highest BCUT2D eigenvalue weighted by Gasteiger charge is 2.39. The van der Waals surface area contributed by atoms with E-state index in [9.17, 15) is 18.3 Å². The monoisotopic (exact) mass is 262 g/mol. The number of hydrogen-bond acceptors (Lipinski definition) is 2. The van der Waals surface area contributed by atoms with Gasteiger partial charge in [0.2, 0.25) is 0 Å². The maximum atomic E-state index is 12.3. The third-order valence-corrected chi connectivity index (χ3v) is 2.39. The zero-order valence-corrected chi connectivity index (χ0v) is 10.6. The molecule has 1 unspecified atom stereocenters. The molecule has 5 heteroatoms. The van der Waals surface area contributed by atoms with Crippen LogP contribution in [0, 0.1) is 0 Å². The number of ether oxygens (including phenoxy) is 1. The van der Waals surface area contributed by atoms with Gasteiger partial charge < -0.3 is 9.84 Å². The molecule has 1 rings (SSSR count). The average Bonchev–Trinajstić information content (AvgIpc) is 2.13. The van der Waals surface area contributed by atoms with Crippen molar-refractivity contribution in [1.29, 1.82) is 0 Å². The second kappa shape index (κ2) is 5.18. The van der Waals surface area contributed by atoms with E-state index in [0.717, 1.165) is 6.92 Å². The first-order valence-corrected chi connectivity index (χ1v) is 5.66. The van der Waals surface area contributed by atoms with E-state index in [2.05, 4.69) is 0 Å². The largest absolute Gasteiger partial charge is 0.491 e. The minimum absolute atomic E-state index is 0.00784. The van der Waals surface area contributed by atoms with Gasteiger partial charge in [-0.2, -0.15) is 13.2 Å². The minimum Gasteiger partial charge on any atom is -0.491 e. The van der Waals surface area contributed by atoms with E-state index in [0.29, 0.717) is 5.75 Å². The molecule has 0 amide bonds. The van der Waals surface area contributed by atoms with E-state index in [1.54, 1.807) is 12.1 Å². The van der Waals surface area contributed by atoms with E-state index in [4.69, 9.17) is 4.74 Å². The number of alkyl halides is 3. The quantitative estimate of drug-likeness (QED) is 0.897. The first kappa shape index (κ1) is 14.8. The Balaban J connectivity index is 2.84. The molecule has 1 aromatic carbocycles. The normalized spacial score (nSPS) is 15.6. The van der Waals surface area contributed by atoms with Gasteiger partial charge >= 0.3 is 6.18 Å². The Morgan fingerprint density at radius 2 is 1.67 bits per heavy atom. The molecular weight excluding hydrogens is 245 g/mol. The van der Waals surface area contributed by atoms with Crippen molar-refractivity contribution in [2.24, 2.45) is 0 Å². The zero-order valence-electron chi connectivity index (χ0n) is 10.6. The second-order valence-electron chi connectivity index (χ2n) is 4.76. The summed E-state index contributed by atoms with van der Waals surface area (Å²) in [4.78, 5) is 0. The van der Waals surface area contributed by atoms with Gasteiger partial charge in [-0.1, -0.05) is 12.1 Å². The van der Waals surface area contributed by atoms with Gasteiger partial charge in [0.1, 0.15) is 5.75 Å². The summed E-state index contributed by atoms with van der Waals surface area (Å²) in [6, 6.07) is 6.01. The molecule has 0 bridgehead atoms. The van der Waals surface area contributed by atoms with E-state index < -0.39 is 18.2 Å². The number of hydrogen-bond donors (Lipinski definition) is 1. The van der Waals surface area contributed by atoms with Crippen molar-refractivity contribution in [2.75, 3.05) is 0 Å². The smallest absolute Gasteiger partial charge is 0.392 e. The van der Waals surface area contributed by atoms with Gasteiger partial charge in [0, 0.05) is 0 Å². The Morgan fingerprint density at radius 3 is 2.06 bits per heavy atom. The van der Waals surface area contributed by atoms with Gasteiger partial charge in [-0.15, -0.1) is 0 Å². The Hall–Kier alpha value is -1.23. The van der Waals surface area contributed by atoms with Crippen LogP contribution in [-0.2, 0) is 5.60 Å². The molecular formula is C13H17F3O2. The molecule has 2 nitrogen and oxygen atoms in total. The highest BCUT2D eigenvalue weighted by Crippen LogP contribution is 2.34. The van der Waals surface area contributed by atoms with Crippen LogP contribution in [0.15, 0.2) is 24.3 Å². The number of benzene rings is 1. The topological polar surface area (TPSA) is 29.5 Å². The molecule has 0 heterocycles. The lowest BCUT2D eigenvalue weighted by atomic mass is 9.92. The summed E-state index contributed by atoms with van der Waals surface area (Å²) in [7, 11) is 0. The lowest BCUT2D eigenvalue weighted by Crippen LogP contribution is -2.28. The molecule has 1 aromatic rings. The van der Waals surface area contributed by atoms with Gasteiger partial charge in [-0.05, 0) is 38.5 Å². The summed E-state index contributed by atoms with van der Waals surface area (Å²) in [6.07, 6.45) is -5.69. The number of halogens is 3. The van der Waals surface area contributed by atoms with Crippen LogP contribution in [0.2, 0.25) is 0 Å². The fraction of sp³-hybridized carbons (Fsp3) is 0.538. The van der Waals surface area contributed by atoms with E-state index in [1.807, 2.05) is 13.8 Å². The highest BCUT2D eigenvalue weighted by atomic mass is 19.4. The fourth-order valence-corrected chi connectivity index (χ4v) is 1.66. The Bertz CT molecular complexity index is 380. The standard InChI is InChI=1S/C13H17F3O2/c1-9(2)18-11-6-4-10(5-7-11)12(3,17)8-13(14,15)16/h4-7,9,17H,8H2,1-3H3. The van der Waals surface area contributed by atoms with Gasteiger partial charge in [-0.3, -0.25) is 0 Å². The van der Waals surface area contributed by atoms with Crippen molar-refractivity contribution < 1.29 is 23.0 Å². The molecule has 0 aliphatic carbocycles. The minimum atomic E-state index is -4.41.